The number of carbonyl (C=O) groups is 2. The molecule has 180 valence electrons. The summed E-state index contributed by atoms with van der Waals surface area (Å²) in [5, 5.41) is 18.4. The van der Waals surface area contributed by atoms with Crippen LogP contribution in [0, 0.1) is 5.82 Å². The molecule has 0 unspecified atom stereocenters. The van der Waals surface area contributed by atoms with Crippen LogP contribution in [0.15, 0.2) is 83.5 Å². The summed E-state index contributed by atoms with van der Waals surface area (Å²) in [7, 11) is 3.86. The summed E-state index contributed by atoms with van der Waals surface area (Å²) in [6.45, 7) is 3.27. The van der Waals surface area contributed by atoms with Gasteiger partial charge in [0.2, 0.25) is 0 Å². The molecule has 35 heavy (non-hydrogen) atoms. The molecule has 3 aromatic carbocycles. The topological polar surface area (TPSA) is 101 Å². The Labute approximate surface area is 201 Å². The first-order valence-corrected chi connectivity index (χ1v) is 10.6. The van der Waals surface area contributed by atoms with Crippen molar-refractivity contribution in [1.29, 1.82) is 0 Å². The molecule has 0 atom stereocenters. The van der Waals surface area contributed by atoms with Gasteiger partial charge in [0.15, 0.2) is 0 Å². The molecule has 0 spiro atoms. The fraction of sp³-hybridized carbons (Fsp3) is 0.154. The summed E-state index contributed by atoms with van der Waals surface area (Å²) in [6, 6.07) is 15.3. The van der Waals surface area contributed by atoms with Gasteiger partial charge in [-0.25, -0.2) is 14.0 Å². The molecule has 8 nitrogen and oxygen atoms in total. The Kier molecular flexibility index (Phi) is 8.29. The van der Waals surface area contributed by atoms with Gasteiger partial charge in [-0.3, -0.25) is 0 Å². The normalized spacial score (nSPS) is 10.7. The number of hydrogen-bond donors (Lipinski definition) is 1. The lowest BCUT2D eigenvalue weighted by Gasteiger charge is -2.11. The van der Waals surface area contributed by atoms with Gasteiger partial charge in [-0.05, 0) is 54.1 Å². The number of esters is 2. The highest BCUT2D eigenvalue weighted by Crippen LogP contribution is 2.30. The Balaban J connectivity index is 1.62. The van der Waals surface area contributed by atoms with E-state index in [-0.39, 0.29) is 35.8 Å². The third kappa shape index (κ3) is 6.97. The minimum Gasteiger partial charge on any atom is -0.506 e. The molecule has 0 saturated carbocycles. The number of aromatic hydroxyl groups is 1. The number of benzene rings is 3. The van der Waals surface area contributed by atoms with E-state index in [2.05, 4.69) is 16.8 Å². The summed E-state index contributed by atoms with van der Waals surface area (Å²) in [6.07, 6.45) is 1.18. The quantitative estimate of drug-likeness (QED) is 0.189. The second-order valence-corrected chi connectivity index (χ2v) is 7.58. The van der Waals surface area contributed by atoms with Crippen LogP contribution in [0.5, 0.6) is 11.5 Å². The molecule has 0 aliphatic carbocycles. The van der Waals surface area contributed by atoms with Crippen molar-refractivity contribution in [3.63, 3.8) is 0 Å². The third-order valence-corrected chi connectivity index (χ3v) is 4.87. The first-order valence-electron chi connectivity index (χ1n) is 10.6. The minimum atomic E-state index is -0.782. The molecule has 0 aliphatic heterocycles. The number of hydrogen-bond acceptors (Lipinski definition) is 8. The van der Waals surface area contributed by atoms with Gasteiger partial charge in [-0.1, -0.05) is 12.6 Å². The molecule has 0 aromatic heterocycles. The molecule has 0 bridgehead atoms. The largest absolute Gasteiger partial charge is 0.506 e. The van der Waals surface area contributed by atoms with Crippen LogP contribution in [-0.4, -0.2) is 37.7 Å². The van der Waals surface area contributed by atoms with Crippen molar-refractivity contribution in [3.05, 3.63) is 90.3 Å². The van der Waals surface area contributed by atoms with Gasteiger partial charge in [-0.15, -0.1) is 5.11 Å². The molecule has 0 aliphatic rings. The number of phenols is 1. The third-order valence-electron chi connectivity index (χ3n) is 4.87. The molecule has 0 heterocycles. The first kappa shape index (κ1) is 25.1. The second-order valence-electron chi connectivity index (χ2n) is 7.58. The van der Waals surface area contributed by atoms with Crippen LogP contribution in [-0.2, 0) is 16.0 Å². The summed E-state index contributed by atoms with van der Waals surface area (Å²) in [4.78, 5) is 25.4. The highest BCUT2D eigenvalue weighted by molar-refractivity contribution is 5.92. The zero-order valence-corrected chi connectivity index (χ0v) is 19.3. The SMILES string of the molecule is C=CC(=O)OCCc1ccc(OC(=O)c2ccc(N=Nc3ccc(N(C)C)cc3)c(O)c2)cc1F. The van der Waals surface area contributed by atoms with Crippen molar-refractivity contribution in [2.45, 2.75) is 6.42 Å². The van der Waals surface area contributed by atoms with Crippen LogP contribution in [0.1, 0.15) is 15.9 Å². The Morgan fingerprint density at radius 2 is 1.80 bits per heavy atom. The van der Waals surface area contributed by atoms with Crippen LogP contribution in [0.25, 0.3) is 0 Å². The van der Waals surface area contributed by atoms with Crippen molar-refractivity contribution in [2.24, 2.45) is 10.2 Å². The number of phenolic OH excluding ortho intramolecular Hbond substituents is 1. The number of anilines is 1. The number of azo groups is 1. The number of rotatable bonds is 9. The smallest absolute Gasteiger partial charge is 0.343 e. The van der Waals surface area contributed by atoms with Crippen molar-refractivity contribution >= 4 is 29.0 Å². The average molecular weight is 477 g/mol. The lowest BCUT2D eigenvalue weighted by Crippen LogP contribution is -2.09. The van der Waals surface area contributed by atoms with Gasteiger partial charge >= 0.3 is 11.9 Å². The Hall–Kier alpha value is -4.53. The van der Waals surface area contributed by atoms with Crippen LogP contribution < -0.4 is 9.64 Å². The van der Waals surface area contributed by atoms with Crippen molar-refractivity contribution < 1.29 is 28.6 Å². The first-order chi connectivity index (χ1) is 16.8. The van der Waals surface area contributed by atoms with Crippen LogP contribution >= 0.6 is 0 Å². The minimum absolute atomic E-state index is 0.00867. The Morgan fingerprint density at radius 1 is 1.06 bits per heavy atom. The van der Waals surface area contributed by atoms with Gasteiger partial charge in [0.1, 0.15) is 23.0 Å². The fourth-order valence-corrected chi connectivity index (χ4v) is 2.94. The fourth-order valence-electron chi connectivity index (χ4n) is 2.94. The maximum absolute atomic E-state index is 14.3. The molecular formula is C26H24FN3O5. The number of carbonyl (C=O) groups excluding carboxylic acids is 2. The molecule has 0 saturated heterocycles. The lowest BCUT2D eigenvalue weighted by molar-refractivity contribution is -0.137. The van der Waals surface area contributed by atoms with E-state index in [1.807, 2.05) is 31.1 Å². The van der Waals surface area contributed by atoms with E-state index >= 15 is 0 Å². The predicted octanol–water partition coefficient (Wildman–Crippen LogP) is 5.50. The number of ether oxygens (including phenoxy) is 2. The van der Waals surface area contributed by atoms with Crippen LogP contribution in [0.3, 0.4) is 0 Å². The molecule has 0 amide bonds. The average Bonchev–Trinajstić information content (AvgIpc) is 2.84. The molecule has 0 radical (unpaired) electrons. The summed E-state index contributed by atoms with van der Waals surface area (Å²) in [5.41, 5.74) is 2.13. The summed E-state index contributed by atoms with van der Waals surface area (Å²) in [5.74, 6) is -2.25. The van der Waals surface area contributed by atoms with E-state index in [1.165, 1.54) is 30.3 Å². The summed E-state index contributed by atoms with van der Waals surface area (Å²) < 4.78 is 24.3. The summed E-state index contributed by atoms with van der Waals surface area (Å²) >= 11 is 0. The van der Waals surface area contributed by atoms with E-state index in [4.69, 9.17) is 9.47 Å². The molecule has 0 fully saturated rings. The highest BCUT2D eigenvalue weighted by Gasteiger charge is 2.13. The van der Waals surface area contributed by atoms with E-state index in [0.717, 1.165) is 17.8 Å². The van der Waals surface area contributed by atoms with Crippen LogP contribution in [0.2, 0.25) is 0 Å². The van der Waals surface area contributed by atoms with Crippen molar-refractivity contribution in [1.82, 2.24) is 0 Å². The van der Waals surface area contributed by atoms with E-state index in [9.17, 15) is 19.1 Å². The Morgan fingerprint density at radius 3 is 2.43 bits per heavy atom. The van der Waals surface area contributed by atoms with Gasteiger partial charge in [0.25, 0.3) is 0 Å². The van der Waals surface area contributed by atoms with Gasteiger partial charge in [0, 0.05) is 38.3 Å². The molecule has 9 heteroatoms. The van der Waals surface area contributed by atoms with Crippen LogP contribution in [0.4, 0.5) is 21.5 Å². The van der Waals surface area contributed by atoms with E-state index < -0.39 is 17.8 Å². The zero-order chi connectivity index (χ0) is 25.4. The molecular weight excluding hydrogens is 453 g/mol. The van der Waals surface area contributed by atoms with Gasteiger partial charge < -0.3 is 19.5 Å². The van der Waals surface area contributed by atoms with E-state index in [0.29, 0.717) is 11.3 Å². The number of nitrogens with zero attached hydrogens (tertiary/aromatic N) is 3. The zero-order valence-electron chi connectivity index (χ0n) is 19.3. The second kappa shape index (κ2) is 11.6. The number of halogens is 1. The van der Waals surface area contributed by atoms with Crippen molar-refractivity contribution in [3.8, 4) is 11.5 Å². The highest BCUT2D eigenvalue weighted by atomic mass is 19.1. The lowest BCUT2D eigenvalue weighted by atomic mass is 10.1. The predicted molar refractivity (Wildman–Crippen MR) is 129 cm³/mol. The van der Waals surface area contributed by atoms with Gasteiger partial charge in [0.05, 0.1) is 17.9 Å². The Bertz CT molecular complexity index is 1260. The van der Waals surface area contributed by atoms with Crippen molar-refractivity contribution in [2.75, 3.05) is 25.6 Å². The maximum Gasteiger partial charge on any atom is 0.343 e. The molecule has 3 aromatic rings. The van der Waals surface area contributed by atoms with E-state index in [1.54, 1.807) is 12.1 Å². The molecule has 3 rings (SSSR count). The van der Waals surface area contributed by atoms with Gasteiger partial charge in [-0.2, -0.15) is 5.11 Å². The monoisotopic (exact) mass is 477 g/mol. The maximum atomic E-state index is 14.3. The standard InChI is InChI=1S/C26H24FN3O5/c1-4-25(32)34-14-13-17-5-11-21(16-22(17)27)35-26(33)18-6-12-23(24(31)15-18)29-28-19-7-9-20(10-8-19)30(2)3/h4-12,15-16,31H,1,13-14H2,2-3H3. The molecule has 1 N–H and O–H groups in total.